The molecule has 8 heteroatoms. The third-order valence-corrected chi connectivity index (χ3v) is 4.67. The molecule has 1 atom stereocenters. The van der Waals surface area contributed by atoms with Gasteiger partial charge in [-0.15, -0.1) is 0 Å². The number of fused-ring (bicyclic) bond motifs is 1. The van der Waals surface area contributed by atoms with Gasteiger partial charge in [-0.05, 0) is 37.3 Å². The fourth-order valence-corrected chi connectivity index (χ4v) is 3.22. The number of nitrogens with one attached hydrogen (secondary N) is 1. The highest BCUT2D eigenvalue weighted by Crippen LogP contribution is 2.26. The first kappa shape index (κ1) is 18.9. The smallest absolute Gasteiger partial charge is 0.341 e. The number of nitrogens with zero attached hydrogens (tertiary/aromatic N) is 1. The van der Waals surface area contributed by atoms with Gasteiger partial charge in [0.1, 0.15) is 11.5 Å². The van der Waals surface area contributed by atoms with E-state index in [1.807, 2.05) is 48.0 Å². The number of ether oxygens (including phenoxy) is 1. The molecule has 0 radical (unpaired) electrons. The minimum Gasteiger partial charge on any atom is -0.481 e. The summed E-state index contributed by atoms with van der Waals surface area (Å²) in [5, 5.41) is 9.59. The quantitative estimate of drug-likeness (QED) is 0.588. The molecule has 1 aromatic heterocycles. The fourth-order valence-electron chi connectivity index (χ4n) is 2.62. The number of hydrogen-bond donors (Lipinski definition) is 2. The summed E-state index contributed by atoms with van der Waals surface area (Å²) < 4.78 is 27.4. The van der Waals surface area contributed by atoms with Crippen molar-refractivity contribution in [3.63, 3.8) is 0 Å². The molecule has 1 heterocycles. The van der Waals surface area contributed by atoms with Crippen LogP contribution < -0.4 is 13.6 Å². The van der Waals surface area contributed by atoms with E-state index in [2.05, 4.69) is 4.72 Å². The molecule has 0 spiro atoms. The van der Waals surface area contributed by atoms with Gasteiger partial charge in [0.15, 0.2) is 6.61 Å². The van der Waals surface area contributed by atoms with Crippen LogP contribution in [0, 0.1) is 6.92 Å². The number of aliphatic carboxylic acids is 1. The third-order valence-electron chi connectivity index (χ3n) is 3.89. The molecule has 0 aliphatic carbocycles. The van der Waals surface area contributed by atoms with Gasteiger partial charge in [0.25, 0.3) is 11.3 Å². The first-order valence-electron chi connectivity index (χ1n) is 8.35. The topological polar surface area (TPSA) is 89.8 Å². The first-order chi connectivity index (χ1) is 13.0. The zero-order chi connectivity index (χ0) is 19.2. The predicted molar refractivity (Wildman–Crippen MR) is 103 cm³/mol. The van der Waals surface area contributed by atoms with Crippen molar-refractivity contribution in [2.45, 2.75) is 13.5 Å². The predicted octanol–water partition coefficient (Wildman–Crippen LogP) is 2.66. The Labute approximate surface area is 159 Å². The number of carboxylic acid groups (broad SMARTS) is 1. The molecule has 2 N–H and O–H groups in total. The van der Waals surface area contributed by atoms with Crippen LogP contribution in [0.2, 0.25) is 0 Å². The first-order valence-corrected chi connectivity index (χ1v) is 9.43. The highest BCUT2D eigenvalue weighted by molar-refractivity contribution is 7.78. The van der Waals surface area contributed by atoms with E-state index < -0.39 is 17.2 Å². The maximum absolute atomic E-state index is 12.0. The van der Waals surface area contributed by atoms with E-state index in [0.29, 0.717) is 24.6 Å². The van der Waals surface area contributed by atoms with Gasteiger partial charge in [0.05, 0.1) is 5.52 Å². The molecule has 0 bridgehead atoms. The Kier molecular flexibility index (Phi) is 6.10. The maximum atomic E-state index is 12.0. The van der Waals surface area contributed by atoms with Crippen molar-refractivity contribution in [3.05, 3.63) is 60.3 Å². The molecule has 0 amide bonds. The fraction of sp³-hybridized carbons (Fsp3) is 0.211. The van der Waals surface area contributed by atoms with Crippen molar-refractivity contribution in [1.29, 1.82) is 0 Å². The summed E-state index contributed by atoms with van der Waals surface area (Å²) in [6, 6.07) is 14.7. The number of hydrogen-bond acceptors (Lipinski definition) is 4. The Morgan fingerprint density at radius 2 is 1.96 bits per heavy atom. The standard InChI is InChI=1S/C19H20N2O5S/c1-14-5-7-15(8-6-14)26-27(24)20-10-12-21-11-9-16-17(21)3-2-4-18(16)25-13-19(22)23/h2-9,11,20H,10,12-13H2,1H3,(H,22,23). The van der Waals surface area contributed by atoms with E-state index in [-0.39, 0.29) is 6.61 Å². The number of aromatic nitrogens is 1. The molecule has 3 rings (SSSR count). The molecule has 0 saturated carbocycles. The molecule has 0 fully saturated rings. The average molecular weight is 388 g/mol. The Bertz CT molecular complexity index is 952. The molecule has 0 aliphatic rings. The summed E-state index contributed by atoms with van der Waals surface area (Å²) in [6.45, 7) is 2.58. The molecule has 3 aromatic rings. The molecule has 0 saturated heterocycles. The summed E-state index contributed by atoms with van der Waals surface area (Å²) >= 11 is -1.64. The zero-order valence-electron chi connectivity index (χ0n) is 14.8. The Morgan fingerprint density at radius 3 is 2.70 bits per heavy atom. The van der Waals surface area contributed by atoms with E-state index in [4.69, 9.17) is 14.0 Å². The Hall–Kier alpha value is -2.84. The van der Waals surface area contributed by atoms with Crippen LogP contribution in [0.1, 0.15) is 5.56 Å². The van der Waals surface area contributed by atoms with Crippen molar-refractivity contribution in [2.24, 2.45) is 0 Å². The Morgan fingerprint density at radius 1 is 1.19 bits per heavy atom. The number of benzene rings is 2. The van der Waals surface area contributed by atoms with Crippen LogP contribution in [0.25, 0.3) is 10.9 Å². The largest absolute Gasteiger partial charge is 0.481 e. The van der Waals surface area contributed by atoms with Crippen molar-refractivity contribution in [3.8, 4) is 11.5 Å². The van der Waals surface area contributed by atoms with Crippen molar-refractivity contribution >= 4 is 28.1 Å². The van der Waals surface area contributed by atoms with Gasteiger partial charge < -0.3 is 18.6 Å². The average Bonchev–Trinajstić information content (AvgIpc) is 3.05. The lowest BCUT2D eigenvalue weighted by atomic mass is 10.2. The second-order valence-corrected chi connectivity index (χ2v) is 6.83. The van der Waals surface area contributed by atoms with Crippen molar-refractivity contribution < 1.29 is 23.0 Å². The van der Waals surface area contributed by atoms with Crippen LogP contribution >= 0.6 is 0 Å². The lowest BCUT2D eigenvalue weighted by molar-refractivity contribution is -0.139. The molecule has 142 valence electrons. The van der Waals surface area contributed by atoms with Crippen molar-refractivity contribution in [1.82, 2.24) is 9.29 Å². The molecule has 0 aliphatic heterocycles. The number of aryl methyl sites for hydroxylation is 1. The molecule has 7 nitrogen and oxygen atoms in total. The van der Waals surface area contributed by atoms with E-state index in [1.54, 1.807) is 18.2 Å². The van der Waals surface area contributed by atoms with Gasteiger partial charge in [-0.25, -0.2) is 9.52 Å². The second kappa shape index (κ2) is 8.70. The highest BCUT2D eigenvalue weighted by atomic mass is 32.2. The van der Waals surface area contributed by atoms with E-state index in [0.717, 1.165) is 16.5 Å². The van der Waals surface area contributed by atoms with Gasteiger partial charge >= 0.3 is 5.97 Å². The highest BCUT2D eigenvalue weighted by Gasteiger charge is 2.09. The van der Waals surface area contributed by atoms with Gasteiger partial charge in [0, 0.05) is 24.7 Å². The normalized spacial score (nSPS) is 12.0. The molecule has 27 heavy (non-hydrogen) atoms. The molecule has 2 aromatic carbocycles. The number of carbonyl (C=O) groups is 1. The lowest BCUT2D eigenvalue weighted by Crippen LogP contribution is -2.25. The van der Waals surface area contributed by atoms with Crippen LogP contribution in [-0.4, -0.2) is 33.0 Å². The summed E-state index contributed by atoms with van der Waals surface area (Å²) in [7, 11) is 0. The number of carboxylic acids is 1. The minimum atomic E-state index is -1.64. The number of rotatable bonds is 9. The van der Waals surface area contributed by atoms with E-state index in [1.165, 1.54) is 0 Å². The summed E-state index contributed by atoms with van der Waals surface area (Å²) in [4.78, 5) is 10.7. The van der Waals surface area contributed by atoms with E-state index in [9.17, 15) is 9.00 Å². The van der Waals surface area contributed by atoms with Gasteiger partial charge in [-0.3, -0.25) is 0 Å². The summed E-state index contributed by atoms with van der Waals surface area (Å²) in [5.74, 6) is 0.0395. The van der Waals surface area contributed by atoms with Crippen LogP contribution in [0.3, 0.4) is 0 Å². The second-order valence-electron chi connectivity index (χ2n) is 5.91. The van der Waals surface area contributed by atoms with E-state index >= 15 is 0 Å². The monoisotopic (exact) mass is 388 g/mol. The van der Waals surface area contributed by atoms with Gasteiger partial charge in [0.2, 0.25) is 0 Å². The van der Waals surface area contributed by atoms with Gasteiger partial charge in [-0.2, -0.15) is 4.21 Å². The zero-order valence-corrected chi connectivity index (χ0v) is 15.6. The van der Waals surface area contributed by atoms with Crippen molar-refractivity contribution in [2.75, 3.05) is 13.2 Å². The summed E-state index contributed by atoms with van der Waals surface area (Å²) in [6.07, 6.45) is 1.88. The SMILES string of the molecule is Cc1ccc(OS(=O)NCCn2ccc3c(OCC(=O)O)cccc32)cc1. The lowest BCUT2D eigenvalue weighted by Gasteiger charge is -2.09. The minimum absolute atomic E-state index is 0.388. The maximum Gasteiger partial charge on any atom is 0.341 e. The third kappa shape index (κ3) is 5.08. The summed E-state index contributed by atoms with van der Waals surface area (Å²) in [5.41, 5.74) is 2.01. The van der Waals surface area contributed by atoms with Crippen LogP contribution in [0.5, 0.6) is 11.5 Å². The molecular weight excluding hydrogens is 368 g/mol. The molecule has 1 unspecified atom stereocenters. The van der Waals surface area contributed by atoms with Crippen LogP contribution in [-0.2, 0) is 22.6 Å². The molecular formula is C19H20N2O5S. The van der Waals surface area contributed by atoms with Gasteiger partial charge in [-0.1, -0.05) is 23.8 Å². The van der Waals surface area contributed by atoms with Crippen LogP contribution in [0.15, 0.2) is 54.7 Å². The Balaban J connectivity index is 1.57. The van der Waals surface area contributed by atoms with Crippen LogP contribution in [0.4, 0.5) is 0 Å².